The van der Waals surface area contributed by atoms with Crippen LogP contribution in [-0.4, -0.2) is 25.2 Å². The molecule has 2 aromatic heterocycles. The third-order valence-electron chi connectivity index (χ3n) is 1.90. The van der Waals surface area contributed by atoms with Crippen molar-refractivity contribution in [2.24, 2.45) is 7.05 Å². The maximum Gasteiger partial charge on any atom is 0.183 e. The second kappa shape index (κ2) is 2.93. The number of aryl methyl sites for hydroxylation is 2. The third-order valence-corrected chi connectivity index (χ3v) is 1.90. The minimum absolute atomic E-state index is 0.741. The van der Waals surface area contributed by atoms with E-state index in [-0.39, 0.29) is 0 Å². The van der Waals surface area contributed by atoms with Crippen LogP contribution in [0.25, 0.3) is 11.4 Å². The number of nitrogens with zero attached hydrogens (tertiary/aromatic N) is 5. The number of hydrogen-bond donors (Lipinski definition) is 0. The highest BCUT2D eigenvalue weighted by Crippen LogP contribution is 2.17. The van der Waals surface area contributed by atoms with Gasteiger partial charge in [0.15, 0.2) is 5.82 Å². The lowest BCUT2D eigenvalue weighted by Gasteiger charge is -2.00. The summed E-state index contributed by atoms with van der Waals surface area (Å²) in [7, 11) is 1.81. The molecule has 0 saturated carbocycles. The van der Waals surface area contributed by atoms with Gasteiger partial charge in [-0.2, -0.15) is 0 Å². The molecule has 0 aliphatic carbocycles. The Morgan fingerprint density at radius 2 is 2.23 bits per heavy atom. The first-order chi connectivity index (χ1) is 6.29. The van der Waals surface area contributed by atoms with E-state index < -0.39 is 0 Å². The Morgan fingerprint density at radius 3 is 2.85 bits per heavy atom. The molecule has 0 aliphatic rings. The van der Waals surface area contributed by atoms with E-state index in [1.165, 1.54) is 0 Å². The van der Waals surface area contributed by atoms with Crippen LogP contribution < -0.4 is 0 Å². The second-order valence-electron chi connectivity index (χ2n) is 2.82. The van der Waals surface area contributed by atoms with Crippen molar-refractivity contribution in [1.29, 1.82) is 0 Å². The maximum atomic E-state index is 4.03. The molecule has 0 aromatic carbocycles. The smallest absolute Gasteiger partial charge is 0.183 e. The molecule has 0 fully saturated rings. The van der Waals surface area contributed by atoms with Crippen LogP contribution in [0.15, 0.2) is 18.5 Å². The molecule has 0 N–H and O–H groups in total. The lowest BCUT2D eigenvalue weighted by molar-refractivity contribution is 0.714. The van der Waals surface area contributed by atoms with Gasteiger partial charge in [0, 0.05) is 25.0 Å². The van der Waals surface area contributed by atoms with Gasteiger partial charge in [0.25, 0.3) is 0 Å². The zero-order valence-electron chi connectivity index (χ0n) is 7.47. The van der Waals surface area contributed by atoms with E-state index in [2.05, 4.69) is 20.5 Å². The highest BCUT2D eigenvalue weighted by Gasteiger charge is 2.07. The van der Waals surface area contributed by atoms with E-state index in [1.54, 1.807) is 17.1 Å². The number of hydrogen-bond acceptors (Lipinski definition) is 4. The van der Waals surface area contributed by atoms with Crippen molar-refractivity contribution < 1.29 is 0 Å². The molecule has 2 heterocycles. The zero-order valence-corrected chi connectivity index (χ0v) is 7.47. The number of rotatable bonds is 1. The van der Waals surface area contributed by atoms with Gasteiger partial charge in [-0.3, -0.25) is 4.98 Å². The van der Waals surface area contributed by atoms with Gasteiger partial charge in [0.1, 0.15) is 0 Å². The van der Waals surface area contributed by atoms with Gasteiger partial charge in [0.2, 0.25) is 0 Å². The lowest BCUT2D eigenvalue weighted by Crippen LogP contribution is -1.96. The van der Waals surface area contributed by atoms with Crippen LogP contribution in [0.5, 0.6) is 0 Å². The fourth-order valence-corrected chi connectivity index (χ4v) is 1.16. The number of aromatic nitrogens is 5. The standard InChI is InChI=1S/C8H9N5/c1-6-3-4-9-5-7(6)8-10-11-12-13(8)2/h3-5H,1-2H3. The lowest BCUT2D eigenvalue weighted by atomic mass is 10.1. The second-order valence-corrected chi connectivity index (χ2v) is 2.82. The van der Waals surface area contributed by atoms with Gasteiger partial charge in [-0.15, -0.1) is 5.10 Å². The van der Waals surface area contributed by atoms with Crippen LogP contribution in [0.4, 0.5) is 0 Å². The topological polar surface area (TPSA) is 56.5 Å². The van der Waals surface area contributed by atoms with Crippen molar-refractivity contribution in [3.8, 4) is 11.4 Å². The Labute approximate surface area is 75.4 Å². The van der Waals surface area contributed by atoms with Crippen LogP contribution in [0.3, 0.4) is 0 Å². The Morgan fingerprint density at radius 1 is 1.38 bits per heavy atom. The molecule has 0 spiro atoms. The van der Waals surface area contributed by atoms with Crippen LogP contribution in [0.2, 0.25) is 0 Å². The van der Waals surface area contributed by atoms with Crippen LogP contribution in [-0.2, 0) is 7.05 Å². The predicted octanol–water partition coefficient (Wildman–Crippen LogP) is 0.581. The number of pyridine rings is 1. The first-order valence-corrected chi connectivity index (χ1v) is 3.92. The molecule has 0 bridgehead atoms. The average Bonchev–Trinajstić information content (AvgIpc) is 2.52. The van der Waals surface area contributed by atoms with Crippen molar-refractivity contribution in [2.45, 2.75) is 6.92 Å². The highest BCUT2D eigenvalue weighted by atomic mass is 15.5. The maximum absolute atomic E-state index is 4.03. The fourth-order valence-electron chi connectivity index (χ4n) is 1.16. The minimum Gasteiger partial charge on any atom is -0.264 e. The van der Waals surface area contributed by atoms with Gasteiger partial charge in [-0.25, -0.2) is 4.68 Å². The monoisotopic (exact) mass is 175 g/mol. The molecule has 0 saturated heterocycles. The molecular formula is C8H9N5. The molecule has 0 amide bonds. The van der Waals surface area contributed by atoms with Crippen molar-refractivity contribution in [2.75, 3.05) is 0 Å². The zero-order chi connectivity index (χ0) is 9.26. The molecule has 5 heteroatoms. The SMILES string of the molecule is Cc1ccncc1-c1nnnn1C. The quantitative estimate of drug-likeness (QED) is 0.636. The summed E-state index contributed by atoms with van der Waals surface area (Å²) < 4.78 is 1.63. The Bertz CT molecular complexity index is 420. The summed E-state index contributed by atoms with van der Waals surface area (Å²) in [6.07, 6.45) is 3.52. The van der Waals surface area contributed by atoms with E-state index in [4.69, 9.17) is 0 Å². The van der Waals surface area contributed by atoms with E-state index in [0.717, 1.165) is 17.0 Å². The van der Waals surface area contributed by atoms with Gasteiger partial charge in [-0.1, -0.05) is 0 Å². The average molecular weight is 175 g/mol. The first-order valence-electron chi connectivity index (χ1n) is 3.92. The summed E-state index contributed by atoms with van der Waals surface area (Å²) in [5.41, 5.74) is 2.09. The van der Waals surface area contributed by atoms with Gasteiger partial charge in [-0.05, 0) is 29.0 Å². The predicted molar refractivity (Wildman–Crippen MR) is 46.8 cm³/mol. The summed E-state index contributed by atoms with van der Waals surface area (Å²) in [5, 5.41) is 11.2. The summed E-state index contributed by atoms with van der Waals surface area (Å²) in [4.78, 5) is 4.03. The van der Waals surface area contributed by atoms with Crippen LogP contribution >= 0.6 is 0 Å². The Kier molecular flexibility index (Phi) is 1.77. The molecule has 2 aromatic rings. The molecule has 0 atom stereocenters. The van der Waals surface area contributed by atoms with Gasteiger partial charge in [0.05, 0.1) is 0 Å². The van der Waals surface area contributed by atoms with Crippen molar-refractivity contribution in [3.05, 3.63) is 24.0 Å². The van der Waals surface area contributed by atoms with E-state index in [9.17, 15) is 0 Å². The van der Waals surface area contributed by atoms with Crippen molar-refractivity contribution in [1.82, 2.24) is 25.2 Å². The molecule has 0 unspecified atom stereocenters. The Hall–Kier alpha value is -1.78. The van der Waals surface area contributed by atoms with Gasteiger partial charge >= 0.3 is 0 Å². The van der Waals surface area contributed by atoms with E-state index >= 15 is 0 Å². The third kappa shape index (κ3) is 1.28. The summed E-state index contributed by atoms with van der Waals surface area (Å²) in [6.45, 7) is 2.01. The minimum atomic E-state index is 0.741. The van der Waals surface area contributed by atoms with E-state index in [1.807, 2.05) is 20.0 Å². The van der Waals surface area contributed by atoms with Gasteiger partial charge < -0.3 is 0 Å². The van der Waals surface area contributed by atoms with Crippen LogP contribution in [0.1, 0.15) is 5.56 Å². The largest absolute Gasteiger partial charge is 0.264 e. The molecule has 5 nitrogen and oxygen atoms in total. The highest BCUT2D eigenvalue weighted by molar-refractivity contribution is 5.57. The summed E-state index contributed by atoms with van der Waals surface area (Å²) in [5.74, 6) is 0.741. The number of tetrazole rings is 1. The normalized spacial score (nSPS) is 10.3. The van der Waals surface area contributed by atoms with Crippen LogP contribution in [0, 0.1) is 6.92 Å². The first kappa shape index (κ1) is 7.85. The molecule has 2 rings (SSSR count). The van der Waals surface area contributed by atoms with Crippen molar-refractivity contribution >= 4 is 0 Å². The fraction of sp³-hybridized carbons (Fsp3) is 0.250. The van der Waals surface area contributed by atoms with Crippen molar-refractivity contribution in [3.63, 3.8) is 0 Å². The summed E-state index contributed by atoms with van der Waals surface area (Å²) in [6, 6.07) is 1.93. The summed E-state index contributed by atoms with van der Waals surface area (Å²) >= 11 is 0. The van der Waals surface area contributed by atoms with E-state index in [0.29, 0.717) is 0 Å². The molecule has 0 radical (unpaired) electrons. The molecular weight excluding hydrogens is 166 g/mol. The molecule has 66 valence electrons. The molecule has 0 aliphatic heterocycles. The Balaban J connectivity index is 2.59. The molecule has 13 heavy (non-hydrogen) atoms.